The predicted molar refractivity (Wildman–Crippen MR) is 144 cm³/mol. The maximum absolute atomic E-state index is 13.5. The van der Waals surface area contributed by atoms with Gasteiger partial charge in [0.2, 0.25) is 5.91 Å². The lowest BCUT2D eigenvalue weighted by Gasteiger charge is -2.33. The Balaban J connectivity index is 1.65. The van der Waals surface area contributed by atoms with Crippen LogP contribution in [0.5, 0.6) is 0 Å². The molecule has 3 rings (SSSR count). The van der Waals surface area contributed by atoms with E-state index in [9.17, 15) is 9.59 Å². The highest BCUT2D eigenvalue weighted by atomic mass is 16.6. The summed E-state index contributed by atoms with van der Waals surface area (Å²) in [4.78, 5) is 34.4. The Hall–Kier alpha value is -2.82. The summed E-state index contributed by atoms with van der Waals surface area (Å²) in [7, 11) is 1.44. The molecule has 1 fully saturated rings. The fourth-order valence-electron chi connectivity index (χ4n) is 4.43. The quantitative estimate of drug-likeness (QED) is 0.265. The first-order chi connectivity index (χ1) is 18.0. The van der Waals surface area contributed by atoms with E-state index in [0.717, 1.165) is 31.4 Å². The Bertz CT molecular complexity index is 942. The second-order valence-electron chi connectivity index (χ2n) is 10.1. The van der Waals surface area contributed by atoms with Crippen LogP contribution < -0.4 is 16.0 Å². The van der Waals surface area contributed by atoms with Crippen LogP contribution >= 0.6 is 0 Å². The molecule has 1 aromatic carbocycles. The van der Waals surface area contributed by atoms with Crippen molar-refractivity contribution in [3.05, 3.63) is 60.2 Å². The summed E-state index contributed by atoms with van der Waals surface area (Å²) in [6.07, 6.45) is 8.68. The van der Waals surface area contributed by atoms with Crippen LogP contribution in [0.25, 0.3) is 0 Å². The van der Waals surface area contributed by atoms with Gasteiger partial charge in [-0.25, -0.2) is 4.98 Å². The van der Waals surface area contributed by atoms with Crippen LogP contribution in [0.3, 0.4) is 0 Å². The third-order valence-corrected chi connectivity index (χ3v) is 6.36. The topological polar surface area (TPSA) is 114 Å². The molecule has 0 aliphatic carbocycles. The molecule has 2 atom stereocenters. The Morgan fingerprint density at radius 1 is 1.08 bits per heavy atom. The first-order valence-electron chi connectivity index (χ1n) is 13.2. The fourth-order valence-corrected chi connectivity index (χ4v) is 4.43. The molecule has 0 radical (unpaired) electrons. The highest BCUT2D eigenvalue weighted by Crippen LogP contribution is 2.20. The molecule has 0 saturated carbocycles. The van der Waals surface area contributed by atoms with Crippen LogP contribution in [0.4, 0.5) is 0 Å². The van der Waals surface area contributed by atoms with E-state index in [4.69, 9.17) is 9.31 Å². The fraction of sp³-hybridized carbons (Fsp3) is 0.556. The molecule has 0 spiro atoms. The van der Waals surface area contributed by atoms with E-state index >= 15 is 0 Å². The van der Waals surface area contributed by atoms with Crippen LogP contribution in [0.2, 0.25) is 0 Å². The molecular weight excluding hydrogens is 469 g/mol. The number of carbonyl (C=O) groups is 2. The van der Waals surface area contributed by atoms with Crippen molar-refractivity contribution in [2.45, 2.75) is 57.9 Å². The second-order valence-corrected chi connectivity index (χ2v) is 10.1. The van der Waals surface area contributed by atoms with Gasteiger partial charge in [0.1, 0.15) is 11.7 Å². The van der Waals surface area contributed by atoms with E-state index in [-0.39, 0.29) is 17.5 Å². The van der Waals surface area contributed by atoms with Gasteiger partial charge in [0, 0.05) is 37.9 Å². The zero-order valence-electron chi connectivity index (χ0n) is 22.2. The average molecular weight is 509 g/mol. The summed E-state index contributed by atoms with van der Waals surface area (Å²) in [5.74, 6) is -0.382. The van der Waals surface area contributed by atoms with E-state index < -0.39 is 19.1 Å². The molecule has 2 amide bonds. The zero-order chi connectivity index (χ0) is 26.5. The SMILES string of the molecule is CNCCCCC1COB(C(CC(C)C)NC(=O)C(Cc2ccccc2)NC(=O)c2cnccn2)OC1. The Morgan fingerprint density at radius 3 is 2.49 bits per heavy atom. The molecule has 10 heteroatoms. The monoisotopic (exact) mass is 509 g/mol. The number of amides is 2. The standard InChI is InChI=1S/C27H40BN5O4/c1-20(2)15-25(28-36-18-22(19-37-28)11-7-8-12-29-3)33-26(34)23(16-21-9-5-4-6-10-21)32-27(35)24-17-30-13-14-31-24/h4-6,9-10,13-14,17,20,22-23,25,29H,7-8,11-12,15-16,18-19H2,1-3H3,(H,32,35)(H,33,34). The summed E-state index contributed by atoms with van der Waals surface area (Å²) < 4.78 is 12.2. The molecule has 9 nitrogen and oxygen atoms in total. The second kappa shape index (κ2) is 15.4. The first-order valence-corrected chi connectivity index (χ1v) is 13.2. The maximum atomic E-state index is 13.5. The van der Waals surface area contributed by atoms with Gasteiger partial charge in [-0.05, 0) is 44.3 Å². The van der Waals surface area contributed by atoms with Crippen molar-refractivity contribution >= 4 is 18.9 Å². The number of rotatable bonds is 14. The molecule has 1 saturated heterocycles. The number of hydrogen-bond donors (Lipinski definition) is 3. The van der Waals surface area contributed by atoms with E-state index in [2.05, 4.69) is 39.8 Å². The molecule has 2 heterocycles. The van der Waals surface area contributed by atoms with Crippen LogP contribution in [0, 0.1) is 11.8 Å². The zero-order valence-corrected chi connectivity index (χ0v) is 22.2. The van der Waals surface area contributed by atoms with Gasteiger partial charge < -0.3 is 25.3 Å². The highest BCUT2D eigenvalue weighted by molar-refractivity contribution is 6.47. The van der Waals surface area contributed by atoms with Crippen molar-refractivity contribution in [3.63, 3.8) is 0 Å². The van der Waals surface area contributed by atoms with Crippen LogP contribution in [-0.2, 0) is 20.5 Å². The summed E-state index contributed by atoms with van der Waals surface area (Å²) in [6, 6.07) is 8.82. The Kier molecular flexibility index (Phi) is 12.0. The summed E-state index contributed by atoms with van der Waals surface area (Å²) in [5.41, 5.74) is 1.10. The molecule has 1 aromatic heterocycles. The van der Waals surface area contributed by atoms with Gasteiger partial charge in [-0.3, -0.25) is 14.6 Å². The van der Waals surface area contributed by atoms with Crippen molar-refractivity contribution < 1.29 is 18.9 Å². The van der Waals surface area contributed by atoms with Gasteiger partial charge in [-0.1, -0.05) is 50.6 Å². The minimum absolute atomic E-state index is 0.159. The lowest BCUT2D eigenvalue weighted by atomic mass is 9.72. The van der Waals surface area contributed by atoms with Crippen molar-refractivity contribution in [2.75, 3.05) is 26.8 Å². The number of unbranched alkanes of at least 4 members (excludes halogenated alkanes) is 1. The van der Waals surface area contributed by atoms with E-state index in [0.29, 0.717) is 37.9 Å². The molecule has 200 valence electrons. The maximum Gasteiger partial charge on any atom is 0.480 e. The van der Waals surface area contributed by atoms with E-state index in [1.165, 1.54) is 18.6 Å². The molecule has 37 heavy (non-hydrogen) atoms. The number of benzene rings is 1. The third kappa shape index (κ3) is 9.87. The Morgan fingerprint density at radius 2 is 1.84 bits per heavy atom. The molecule has 1 aliphatic rings. The largest absolute Gasteiger partial charge is 0.480 e. The van der Waals surface area contributed by atoms with Crippen molar-refractivity contribution in [2.24, 2.45) is 11.8 Å². The minimum Gasteiger partial charge on any atom is -0.409 e. The number of hydrogen-bond acceptors (Lipinski definition) is 7. The molecule has 0 bridgehead atoms. The molecule has 2 aromatic rings. The molecule has 1 aliphatic heterocycles. The predicted octanol–water partition coefficient (Wildman–Crippen LogP) is 2.43. The van der Waals surface area contributed by atoms with E-state index in [1.807, 2.05) is 37.4 Å². The van der Waals surface area contributed by atoms with Gasteiger partial charge in [-0.2, -0.15) is 0 Å². The van der Waals surface area contributed by atoms with Gasteiger partial charge in [0.25, 0.3) is 5.91 Å². The van der Waals surface area contributed by atoms with Crippen LogP contribution in [0.1, 0.15) is 55.6 Å². The molecule has 2 unspecified atom stereocenters. The number of aromatic nitrogens is 2. The molecular formula is C27H40BN5O4. The summed E-state index contributed by atoms with van der Waals surface area (Å²) in [6.45, 7) is 6.45. The molecule has 3 N–H and O–H groups in total. The van der Waals surface area contributed by atoms with Gasteiger partial charge in [0.15, 0.2) is 0 Å². The van der Waals surface area contributed by atoms with Gasteiger partial charge in [-0.15, -0.1) is 0 Å². The number of nitrogens with one attached hydrogen (secondary N) is 3. The smallest absolute Gasteiger partial charge is 0.409 e. The van der Waals surface area contributed by atoms with Crippen molar-refractivity contribution in [3.8, 4) is 0 Å². The minimum atomic E-state index is -0.796. The van der Waals surface area contributed by atoms with E-state index in [1.54, 1.807) is 0 Å². The number of carbonyl (C=O) groups excluding carboxylic acids is 2. The normalized spacial score (nSPS) is 15.8. The summed E-state index contributed by atoms with van der Waals surface area (Å²) >= 11 is 0. The highest BCUT2D eigenvalue weighted by Gasteiger charge is 2.38. The van der Waals surface area contributed by atoms with Gasteiger partial charge in [0.05, 0.1) is 12.1 Å². The van der Waals surface area contributed by atoms with Crippen LogP contribution in [0.15, 0.2) is 48.9 Å². The van der Waals surface area contributed by atoms with Gasteiger partial charge >= 0.3 is 7.12 Å². The van der Waals surface area contributed by atoms with Crippen molar-refractivity contribution in [1.82, 2.24) is 25.9 Å². The summed E-state index contributed by atoms with van der Waals surface area (Å²) in [5, 5.41) is 9.14. The Labute approximate surface area is 220 Å². The number of nitrogens with zero attached hydrogens (tertiary/aromatic N) is 2. The lowest BCUT2D eigenvalue weighted by molar-refractivity contribution is -0.123. The first kappa shape index (κ1) is 28.8. The average Bonchev–Trinajstić information content (AvgIpc) is 2.91. The lowest BCUT2D eigenvalue weighted by Crippen LogP contribution is -2.57. The van der Waals surface area contributed by atoms with Crippen LogP contribution in [-0.4, -0.2) is 67.7 Å². The third-order valence-electron chi connectivity index (χ3n) is 6.36. The van der Waals surface area contributed by atoms with Crippen molar-refractivity contribution in [1.29, 1.82) is 0 Å².